The number of ketones is 2. The smallest absolute Gasteiger partial charge is 0.251 e. The van der Waals surface area contributed by atoms with Crippen molar-refractivity contribution in [3.05, 3.63) is 131 Å². The van der Waals surface area contributed by atoms with Gasteiger partial charge in [0.25, 0.3) is 5.91 Å². The Hall–Kier alpha value is -7.14. The Labute approximate surface area is 496 Å². The quantitative estimate of drug-likeness (QED) is 0.0490. The average Bonchev–Trinajstić information content (AvgIpc) is 3.73. The van der Waals surface area contributed by atoms with Gasteiger partial charge in [-0.05, 0) is 128 Å². The zero-order chi connectivity index (χ0) is 61.5. The van der Waals surface area contributed by atoms with Gasteiger partial charge in [0.2, 0.25) is 29.5 Å². The molecule has 2 saturated heterocycles. The lowest BCUT2D eigenvalue weighted by Gasteiger charge is -2.37. The highest BCUT2D eigenvalue weighted by atomic mass is 19.1. The van der Waals surface area contributed by atoms with E-state index in [1.165, 1.54) is 24.3 Å². The van der Waals surface area contributed by atoms with Crippen LogP contribution in [0.4, 0.5) is 8.78 Å². The SMILES string of the molecule is CC[C@@H](C)C(=O)N[C@H](C(=O)N1CCC[C@H]1CN(CCc1ccc(F)cc1)C(=O)CCC(=O)c1ccc(-c2ccc(C(=O)NCC(=O)N(CCc3ccc(F)cc3)C[C@@H]3CCCN3C(=O)[C@@H](CC(=O)[C@H](C)NC)C(C)(C)C)cc2)cc1)C(C)(C)C. The zero-order valence-electron chi connectivity index (χ0n) is 51.0. The largest absolute Gasteiger partial charge is 0.344 e. The van der Waals surface area contributed by atoms with Gasteiger partial charge >= 0.3 is 0 Å². The number of hydrogen-bond acceptors (Lipinski definition) is 9. The van der Waals surface area contributed by atoms with E-state index in [9.17, 15) is 47.1 Å². The average molecular weight is 1160 g/mol. The summed E-state index contributed by atoms with van der Waals surface area (Å²) in [6.45, 7) is 18.9. The van der Waals surface area contributed by atoms with Crippen LogP contribution >= 0.6 is 0 Å². The molecule has 0 saturated carbocycles. The maximum atomic E-state index is 14.3. The monoisotopic (exact) mass is 1160 g/mol. The lowest BCUT2D eigenvalue weighted by atomic mass is 9.76. The zero-order valence-corrected chi connectivity index (χ0v) is 51.0. The van der Waals surface area contributed by atoms with Crippen LogP contribution in [-0.2, 0) is 41.6 Å². The highest BCUT2D eigenvalue weighted by Crippen LogP contribution is 2.34. The van der Waals surface area contributed by atoms with E-state index in [-0.39, 0.29) is 116 Å². The Bertz CT molecular complexity index is 2710. The molecule has 2 aliphatic rings. The van der Waals surface area contributed by atoms with E-state index in [0.29, 0.717) is 62.9 Å². The third-order valence-corrected chi connectivity index (χ3v) is 16.8. The number of carbonyl (C=O) groups excluding carboxylic acids is 8. The fourth-order valence-electron chi connectivity index (χ4n) is 10.9. The molecule has 0 radical (unpaired) electrons. The van der Waals surface area contributed by atoms with E-state index < -0.39 is 34.7 Å². The van der Waals surface area contributed by atoms with Crippen molar-refractivity contribution in [1.82, 2.24) is 35.6 Å². The molecule has 17 heteroatoms. The molecule has 0 unspecified atom stereocenters. The van der Waals surface area contributed by atoms with Crippen LogP contribution in [0, 0.1) is 34.3 Å². The summed E-state index contributed by atoms with van der Waals surface area (Å²) in [4.78, 5) is 117. The second-order valence-corrected chi connectivity index (χ2v) is 25.1. The lowest BCUT2D eigenvalue weighted by Crippen LogP contribution is -2.57. The molecule has 2 heterocycles. The summed E-state index contributed by atoms with van der Waals surface area (Å²) in [5.41, 5.74) is 2.90. The molecular formula is C67H89F2N7O8. The van der Waals surface area contributed by atoms with Crippen molar-refractivity contribution in [2.75, 3.05) is 52.9 Å². The number of nitrogens with zero attached hydrogens (tertiary/aromatic N) is 4. The van der Waals surface area contributed by atoms with Crippen LogP contribution in [0.1, 0.15) is 146 Å². The summed E-state index contributed by atoms with van der Waals surface area (Å²) in [7, 11) is 1.71. The number of amides is 6. The first-order valence-corrected chi connectivity index (χ1v) is 30.0. The summed E-state index contributed by atoms with van der Waals surface area (Å²) in [6.07, 6.45) is 4.27. The highest BCUT2D eigenvalue weighted by Gasteiger charge is 2.43. The molecule has 454 valence electrons. The van der Waals surface area contributed by atoms with Gasteiger partial charge in [0.15, 0.2) is 5.78 Å². The van der Waals surface area contributed by atoms with Crippen molar-refractivity contribution in [2.45, 2.75) is 151 Å². The minimum Gasteiger partial charge on any atom is -0.344 e. The van der Waals surface area contributed by atoms with Crippen LogP contribution in [0.2, 0.25) is 0 Å². The van der Waals surface area contributed by atoms with E-state index in [1.807, 2.05) is 60.3 Å². The Morgan fingerprint density at radius 3 is 1.56 bits per heavy atom. The van der Waals surface area contributed by atoms with Crippen LogP contribution in [-0.4, -0.2) is 144 Å². The second-order valence-electron chi connectivity index (χ2n) is 25.1. The van der Waals surface area contributed by atoms with Gasteiger partial charge in [-0.1, -0.05) is 116 Å². The normalized spacial score (nSPS) is 16.8. The molecule has 0 aromatic heterocycles. The maximum Gasteiger partial charge on any atom is 0.251 e. The number of nitrogens with one attached hydrogen (secondary N) is 3. The lowest BCUT2D eigenvalue weighted by molar-refractivity contribution is -0.144. The molecule has 6 amide bonds. The minimum atomic E-state index is -0.763. The van der Waals surface area contributed by atoms with Crippen LogP contribution in [0.15, 0.2) is 97.1 Å². The Balaban J connectivity index is 1.07. The minimum absolute atomic E-state index is 0.0480. The standard InChI is InChI=1S/C67H89F2N7O8/c1-11-44(2)62(81)72-61(67(7,8)9)65(84)76-37-13-15-55(76)42-73(38-34-46-16-28-52(68)29-17-46)59(79)33-32-57(77)50-24-20-48(21-25-50)49-22-26-51(27-23-49)63(82)71-41-60(80)74(39-35-47-18-30-53(69)31-19-47)43-54-14-12-36-75(54)64(83)56(66(4,5)6)40-58(78)45(3)70-10/h16-31,44-45,54-56,61,70H,11-15,32-43H2,1-10H3,(H,71,82)(H,72,81)/t44-,45+,54+,55+,56-,61-/m1/s1. The van der Waals surface area contributed by atoms with Crippen LogP contribution in [0.3, 0.4) is 0 Å². The van der Waals surface area contributed by atoms with Gasteiger partial charge in [-0.2, -0.15) is 0 Å². The van der Waals surface area contributed by atoms with Crippen molar-refractivity contribution in [2.24, 2.45) is 22.7 Å². The molecule has 0 spiro atoms. The molecule has 2 fully saturated rings. The third kappa shape index (κ3) is 18.4. The molecule has 6 rings (SSSR count). The van der Waals surface area contributed by atoms with Gasteiger partial charge in [-0.15, -0.1) is 0 Å². The first kappa shape index (κ1) is 66.0. The van der Waals surface area contributed by atoms with E-state index in [1.54, 1.807) is 101 Å². The molecule has 3 N–H and O–H groups in total. The van der Waals surface area contributed by atoms with Crippen molar-refractivity contribution >= 4 is 47.0 Å². The van der Waals surface area contributed by atoms with Crippen LogP contribution in [0.5, 0.6) is 0 Å². The fraction of sp³-hybridized carbons (Fsp3) is 0.522. The summed E-state index contributed by atoms with van der Waals surface area (Å²) < 4.78 is 27.6. The van der Waals surface area contributed by atoms with Crippen molar-refractivity contribution in [1.29, 1.82) is 0 Å². The van der Waals surface area contributed by atoms with E-state index in [2.05, 4.69) is 16.0 Å². The molecule has 2 aliphatic heterocycles. The Morgan fingerprint density at radius 1 is 0.619 bits per heavy atom. The fourth-order valence-corrected chi connectivity index (χ4v) is 10.9. The predicted octanol–water partition coefficient (Wildman–Crippen LogP) is 9.26. The van der Waals surface area contributed by atoms with Gasteiger partial charge in [-0.3, -0.25) is 38.4 Å². The maximum absolute atomic E-state index is 14.3. The first-order chi connectivity index (χ1) is 39.8. The number of carbonyl (C=O) groups is 8. The highest BCUT2D eigenvalue weighted by molar-refractivity contribution is 5.99. The Kier molecular flexibility index (Phi) is 23.6. The topological polar surface area (TPSA) is 186 Å². The molecule has 84 heavy (non-hydrogen) atoms. The number of likely N-dealkylation sites (tertiary alicyclic amines) is 2. The predicted molar refractivity (Wildman–Crippen MR) is 323 cm³/mol. The van der Waals surface area contributed by atoms with Gasteiger partial charge < -0.3 is 35.6 Å². The summed E-state index contributed by atoms with van der Waals surface area (Å²) in [5, 5.41) is 8.77. The number of Topliss-reactive ketones (excluding diaryl/α,β-unsaturated/α-hetero) is 2. The van der Waals surface area contributed by atoms with Crippen LogP contribution in [0.25, 0.3) is 11.1 Å². The van der Waals surface area contributed by atoms with Gasteiger partial charge in [0.05, 0.1) is 12.6 Å². The van der Waals surface area contributed by atoms with Crippen LogP contribution < -0.4 is 16.0 Å². The number of benzene rings is 4. The van der Waals surface area contributed by atoms with Gasteiger partial charge in [0.1, 0.15) is 23.5 Å². The molecule has 0 aliphatic carbocycles. The van der Waals surface area contributed by atoms with Crippen molar-refractivity contribution in [3.63, 3.8) is 0 Å². The van der Waals surface area contributed by atoms with Gasteiger partial charge in [0, 0.05) is 93.6 Å². The second kappa shape index (κ2) is 30.1. The number of rotatable bonds is 27. The molecule has 15 nitrogen and oxygen atoms in total. The summed E-state index contributed by atoms with van der Waals surface area (Å²) in [5.74, 6) is -3.36. The van der Waals surface area contributed by atoms with E-state index in [4.69, 9.17) is 0 Å². The van der Waals surface area contributed by atoms with E-state index >= 15 is 0 Å². The molecule has 6 atom stereocenters. The van der Waals surface area contributed by atoms with Crippen molar-refractivity contribution in [3.8, 4) is 11.1 Å². The first-order valence-electron chi connectivity index (χ1n) is 30.0. The molecule has 4 aromatic carbocycles. The van der Waals surface area contributed by atoms with E-state index in [0.717, 1.165) is 35.1 Å². The third-order valence-electron chi connectivity index (χ3n) is 16.8. The number of halogens is 2. The Morgan fingerprint density at radius 2 is 1.10 bits per heavy atom. The number of hydrogen-bond donors (Lipinski definition) is 3. The molecular weight excluding hydrogens is 1070 g/mol. The molecule has 0 bridgehead atoms. The summed E-state index contributed by atoms with van der Waals surface area (Å²) >= 11 is 0. The summed E-state index contributed by atoms with van der Waals surface area (Å²) in [6, 6.07) is 24.3. The number of likely N-dealkylation sites (N-methyl/N-ethyl adjacent to an activating group) is 1. The van der Waals surface area contributed by atoms with Crippen molar-refractivity contribution < 1.29 is 47.1 Å². The molecule has 4 aromatic rings. The van der Waals surface area contributed by atoms with Gasteiger partial charge in [-0.25, -0.2) is 8.78 Å².